The van der Waals surface area contributed by atoms with Crippen LogP contribution in [0.3, 0.4) is 0 Å². The van der Waals surface area contributed by atoms with E-state index >= 15 is 0 Å². The minimum Gasteiger partial charge on any atom is -0.301 e. The molecule has 1 aliphatic rings. The molecule has 1 unspecified atom stereocenters. The molecule has 0 radical (unpaired) electrons. The highest BCUT2D eigenvalue weighted by molar-refractivity contribution is 4.80. The van der Waals surface area contributed by atoms with Crippen molar-refractivity contribution in [3.05, 3.63) is 0 Å². The maximum Gasteiger partial charge on any atom is 0.00387 e. The Kier molecular flexibility index (Phi) is 3.39. The standard InChI is InChI=1S/C12H25N/c1-10(2)13-7-6-12(4,5)8-11(3)9-13/h10-11H,6-9H2,1-5H3. The molecule has 0 aromatic carbocycles. The van der Waals surface area contributed by atoms with Gasteiger partial charge in [0.1, 0.15) is 0 Å². The lowest BCUT2D eigenvalue weighted by molar-refractivity contribution is 0.206. The highest BCUT2D eigenvalue weighted by atomic mass is 15.1. The van der Waals surface area contributed by atoms with Gasteiger partial charge in [0, 0.05) is 12.6 Å². The zero-order valence-corrected chi connectivity index (χ0v) is 9.93. The molecule has 1 rings (SSSR count). The fourth-order valence-corrected chi connectivity index (χ4v) is 2.52. The molecule has 1 nitrogen and oxygen atoms in total. The molecule has 1 saturated heterocycles. The Labute approximate surface area is 83.5 Å². The van der Waals surface area contributed by atoms with Gasteiger partial charge < -0.3 is 4.90 Å². The van der Waals surface area contributed by atoms with Crippen LogP contribution in [-0.2, 0) is 0 Å². The number of nitrogens with zero attached hydrogens (tertiary/aromatic N) is 1. The van der Waals surface area contributed by atoms with E-state index in [-0.39, 0.29) is 0 Å². The molecule has 0 aromatic rings. The molecule has 0 amide bonds. The van der Waals surface area contributed by atoms with Gasteiger partial charge in [0.25, 0.3) is 0 Å². The Morgan fingerprint density at radius 3 is 2.46 bits per heavy atom. The van der Waals surface area contributed by atoms with Crippen molar-refractivity contribution < 1.29 is 0 Å². The van der Waals surface area contributed by atoms with Crippen LogP contribution in [0.25, 0.3) is 0 Å². The van der Waals surface area contributed by atoms with Crippen LogP contribution in [0.4, 0.5) is 0 Å². The summed E-state index contributed by atoms with van der Waals surface area (Å²) in [5, 5.41) is 0. The number of hydrogen-bond donors (Lipinski definition) is 0. The molecule has 0 aromatic heterocycles. The molecule has 1 atom stereocenters. The van der Waals surface area contributed by atoms with Crippen molar-refractivity contribution in [2.24, 2.45) is 11.3 Å². The molecule has 1 fully saturated rings. The summed E-state index contributed by atoms with van der Waals surface area (Å²) < 4.78 is 0. The van der Waals surface area contributed by atoms with Gasteiger partial charge in [-0.3, -0.25) is 0 Å². The van der Waals surface area contributed by atoms with Gasteiger partial charge in [-0.2, -0.15) is 0 Å². The first-order valence-electron chi connectivity index (χ1n) is 5.65. The summed E-state index contributed by atoms with van der Waals surface area (Å²) in [5.41, 5.74) is 0.559. The van der Waals surface area contributed by atoms with Gasteiger partial charge in [-0.15, -0.1) is 0 Å². The lowest BCUT2D eigenvalue weighted by Gasteiger charge is -2.26. The Balaban J connectivity index is 2.58. The fraction of sp³-hybridized carbons (Fsp3) is 1.00. The van der Waals surface area contributed by atoms with E-state index in [0.717, 1.165) is 12.0 Å². The third-order valence-corrected chi connectivity index (χ3v) is 3.25. The second kappa shape index (κ2) is 4.00. The third-order valence-electron chi connectivity index (χ3n) is 3.25. The van der Waals surface area contributed by atoms with Crippen molar-refractivity contribution in [2.45, 2.75) is 53.5 Å². The fourth-order valence-electron chi connectivity index (χ4n) is 2.52. The predicted octanol–water partition coefficient (Wildman–Crippen LogP) is 3.15. The average molecular weight is 183 g/mol. The van der Waals surface area contributed by atoms with Crippen molar-refractivity contribution in [1.82, 2.24) is 4.90 Å². The first kappa shape index (κ1) is 11.0. The van der Waals surface area contributed by atoms with Crippen LogP contribution in [0.5, 0.6) is 0 Å². The third kappa shape index (κ3) is 3.30. The Bertz CT molecular complexity index is 161. The number of likely N-dealkylation sites (tertiary alicyclic amines) is 1. The molecule has 1 heteroatoms. The first-order valence-corrected chi connectivity index (χ1v) is 5.65. The number of rotatable bonds is 1. The largest absolute Gasteiger partial charge is 0.301 e. The van der Waals surface area contributed by atoms with E-state index < -0.39 is 0 Å². The summed E-state index contributed by atoms with van der Waals surface area (Å²) in [6.45, 7) is 14.4. The van der Waals surface area contributed by atoms with E-state index in [2.05, 4.69) is 39.5 Å². The zero-order valence-electron chi connectivity index (χ0n) is 9.93. The van der Waals surface area contributed by atoms with Gasteiger partial charge in [0.05, 0.1) is 0 Å². The zero-order chi connectivity index (χ0) is 10.1. The van der Waals surface area contributed by atoms with Crippen LogP contribution >= 0.6 is 0 Å². The van der Waals surface area contributed by atoms with Gasteiger partial charge in [0.15, 0.2) is 0 Å². The topological polar surface area (TPSA) is 3.24 Å². The maximum atomic E-state index is 2.62. The summed E-state index contributed by atoms with van der Waals surface area (Å²) in [6.07, 6.45) is 2.74. The molecular weight excluding hydrogens is 158 g/mol. The van der Waals surface area contributed by atoms with Crippen LogP contribution in [0, 0.1) is 11.3 Å². The molecular formula is C12H25N. The Morgan fingerprint density at radius 1 is 1.31 bits per heavy atom. The maximum absolute atomic E-state index is 2.62. The predicted molar refractivity (Wildman–Crippen MR) is 58.9 cm³/mol. The molecule has 0 bridgehead atoms. The van der Waals surface area contributed by atoms with Gasteiger partial charge >= 0.3 is 0 Å². The first-order chi connectivity index (χ1) is 5.91. The van der Waals surface area contributed by atoms with E-state index in [0.29, 0.717) is 5.41 Å². The van der Waals surface area contributed by atoms with Gasteiger partial charge in [0.2, 0.25) is 0 Å². The molecule has 0 spiro atoms. The van der Waals surface area contributed by atoms with Gasteiger partial charge in [-0.25, -0.2) is 0 Å². The van der Waals surface area contributed by atoms with Gasteiger partial charge in [-0.05, 0) is 44.6 Å². The van der Waals surface area contributed by atoms with Gasteiger partial charge in [-0.1, -0.05) is 20.8 Å². The monoisotopic (exact) mass is 183 g/mol. The minimum absolute atomic E-state index is 0.559. The molecule has 1 heterocycles. The number of hydrogen-bond acceptors (Lipinski definition) is 1. The quantitative estimate of drug-likeness (QED) is 0.603. The van der Waals surface area contributed by atoms with Crippen LogP contribution in [0.1, 0.15) is 47.5 Å². The molecule has 13 heavy (non-hydrogen) atoms. The summed E-state index contributed by atoms with van der Waals surface area (Å²) in [6, 6.07) is 0.719. The van der Waals surface area contributed by atoms with Crippen LogP contribution in [0.15, 0.2) is 0 Å². The lowest BCUT2D eigenvalue weighted by atomic mass is 9.82. The minimum atomic E-state index is 0.559. The molecule has 0 aliphatic carbocycles. The van der Waals surface area contributed by atoms with Crippen molar-refractivity contribution in [2.75, 3.05) is 13.1 Å². The average Bonchev–Trinajstić information content (AvgIpc) is 2.07. The summed E-state index contributed by atoms with van der Waals surface area (Å²) >= 11 is 0. The lowest BCUT2D eigenvalue weighted by Crippen LogP contribution is -2.33. The second-order valence-corrected chi connectivity index (χ2v) is 5.81. The van der Waals surface area contributed by atoms with Crippen molar-refractivity contribution in [3.8, 4) is 0 Å². The van der Waals surface area contributed by atoms with Crippen molar-refractivity contribution in [3.63, 3.8) is 0 Å². The van der Waals surface area contributed by atoms with Crippen molar-refractivity contribution >= 4 is 0 Å². The van der Waals surface area contributed by atoms with Crippen molar-refractivity contribution in [1.29, 1.82) is 0 Å². The van der Waals surface area contributed by atoms with E-state index in [9.17, 15) is 0 Å². The molecule has 0 saturated carbocycles. The molecule has 1 aliphatic heterocycles. The van der Waals surface area contributed by atoms with E-state index in [1.807, 2.05) is 0 Å². The summed E-state index contributed by atoms with van der Waals surface area (Å²) in [4.78, 5) is 2.62. The normalized spacial score (nSPS) is 30.5. The van der Waals surface area contributed by atoms with E-state index in [1.54, 1.807) is 0 Å². The molecule has 78 valence electrons. The Hall–Kier alpha value is -0.0400. The van der Waals surface area contributed by atoms with E-state index in [4.69, 9.17) is 0 Å². The van der Waals surface area contributed by atoms with Crippen LogP contribution in [0.2, 0.25) is 0 Å². The second-order valence-electron chi connectivity index (χ2n) is 5.81. The van der Waals surface area contributed by atoms with E-state index in [1.165, 1.54) is 25.9 Å². The highest BCUT2D eigenvalue weighted by Gasteiger charge is 2.27. The SMILES string of the molecule is CC1CN(C(C)C)CCC(C)(C)C1. The van der Waals surface area contributed by atoms with Crippen LogP contribution < -0.4 is 0 Å². The van der Waals surface area contributed by atoms with Crippen LogP contribution in [-0.4, -0.2) is 24.0 Å². The Morgan fingerprint density at radius 2 is 1.92 bits per heavy atom. The summed E-state index contributed by atoms with van der Waals surface area (Å²) in [5.74, 6) is 0.861. The highest BCUT2D eigenvalue weighted by Crippen LogP contribution is 2.33. The summed E-state index contributed by atoms with van der Waals surface area (Å²) in [7, 11) is 0. The smallest absolute Gasteiger partial charge is 0.00387 e. The molecule has 0 N–H and O–H groups in total.